The summed E-state index contributed by atoms with van der Waals surface area (Å²) in [5.41, 5.74) is 2.64. The molecular weight excluding hydrogens is 384 g/mol. The molecule has 0 radical (unpaired) electrons. The third-order valence-corrected chi connectivity index (χ3v) is 5.23. The van der Waals surface area contributed by atoms with Crippen molar-refractivity contribution in [3.63, 3.8) is 0 Å². The van der Waals surface area contributed by atoms with E-state index in [4.69, 9.17) is 13.9 Å². The number of furan rings is 1. The summed E-state index contributed by atoms with van der Waals surface area (Å²) in [4.78, 5) is 26.6. The number of carbonyl (C=O) groups is 2. The van der Waals surface area contributed by atoms with E-state index in [0.29, 0.717) is 42.3 Å². The van der Waals surface area contributed by atoms with Gasteiger partial charge in [-0.15, -0.1) is 0 Å². The summed E-state index contributed by atoms with van der Waals surface area (Å²) in [6.07, 6.45) is 1.37. The number of anilines is 2. The van der Waals surface area contributed by atoms with Crippen LogP contribution in [0.3, 0.4) is 0 Å². The number of nitrogens with zero attached hydrogens (tertiary/aromatic N) is 1. The zero-order valence-electron chi connectivity index (χ0n) is 17.3. The third kappa shape index (κ3) is 3.58. The van der Waals surface area contributed by atoms with Gasteiger partial charge in [0.05, 0.1) is 19.4 Å². The zero-order chi connectivity index (χ0) is 21.3. The van der Waals surface area contributed by atoms with Crippen molar-refractivity contribution in [2.24, 2.45) is 0 Å². The van der Waals surface area contributed by atoms with E-state index in [1.165, 1.54) is 0 Å². The van der Waals surface area contributed by atoms with Crippen LogP contribution in [-0.2, 0) is 4.79 Å². The van der Waals surface area contributed by atoms with Crippen LogP contribution < -0.4 is 19.7 Å². The highest BCUT2D eigenvalue weighted by Crippen LogP contribution is 2.34. The molecule has 30 heavy (non-hydrogen) atoms. The Labute approximate surface area is 174 Å². The highest BCUT2D eigenvalue weighted by atomic mass is 16.5. The maximum absolute atomic E-state index is 12.9. The van der Waals surface area contributed by atoms with Crippen LogP contribution in [0.25, 0.3) is 11.0 Å². The Morgan fingerprint density at radius 2 is 2.07 bits per heavy atom. The lowest BCUT2D eigenvalue weighted by molar-refractivity contribution is -0.117. The molecule has 0 bridgehead atoms. The molecule has 0 aliphatic carbocycles. The number of rotatable bonds is 6. The predicted molar refractivity (Wildman–Crippen MR) is 115 cm³/mol. The van der Waals surface area contributed by atoms with Crippen molar-refractivity contribution in [1.82, 2.24) is 0 Å². The topological polar surface area (TPSA) is 81.0 Å². The number of ether oxygens (including phenoxy) is 2. The Morgan fingerprint density at radius 3 is 2.77 bits per heavy atom. The van der Waals surface area contributed by atoms with E-state index in [1.807, 2.05) is 26.0 Å². The molecule has 7 heteroatoms. The van der Waals surface area contributed by atoms with E-state index in [0.717, 1.165) is 23.1 Å². The predicted octanol–water partition coefficient (Wildman–Crippen LogP) is 4.53. The normalized spacial score (nSPS) is 13.7. The van der Waals surface area contributed by atoms with Gasteiger partial charge < -0.3 is 24.1 Å². The largest absolute Gasteiger partial charge is 0.494 e. The number of aryl methyl sites for hydroxylation is 1. The van der Waals surface area contributed by atoms with Crippen LogP contribution in [0.4, 0.5) is 11.4 Å². The van der Waals surface area contributed by atoms with Gasteiger partial charge in [-0.1, -0.05) is 0 Å². The van der Waals surface area contributed by atoms with Crippen LogP contribution in [0.1, 0.15) is 35.9 Å². The monoisotopic (exact) mass is 408 g/mol. The highest BCUT2D eigenvalue weighted by molar-refractivity contribution is 6.07. The van der Waals surface area contributed by atoms with Gasteiger partial charge in [-0.2, -0.15) is 0 Å². The van der Waals surface area contributed by atoms with Gasteiger partial charge in [0.25, 0.3) is 5.91 Å². The van der Waals surface area contributed by atoms with Gasteiger partial charge >= 0.3 is 0 Å². The standard InChI is InChI=1S/C23H24N2O5/c1-4-29-16-8-10-19-17(13-16)14(2)22(30-19)23(27)24-15-7-9-18(20(12-15)28-3)25-11-5-6-21(25)26/h7-10,12-13H,4-6,11H2,1-3H3,(H,24,27). The molecule has 156 valence electrons. The van der Waals surface area contributed by atoms with Gasteiger partial charge in [0.15, 0.2) is 5.76 Å². The Hall–Kier alpha value is -3.48. The molecule has 1 aromatic heterocycles. The third-order valence-electron chi connectivity index (χ3n) is 5.23. The summed E-state index contributed by atoms with van der Waals surface area (Å²) in [5.74, 6) is 1.24. The summed E-state index contributed by atoms with van der Waals surface area (Å²) >= 11 is 0. The first-order chi connectivity index (χ1) is 14.5. The Balaban J connectivity index is 1.59. The van der Waals surface area contributed by atoms with Crippen molar-refractivity contribution in [2.75, 3.05) is 30.5 Å². The van der Waals surface area contributed by atoms with Gasteiger partial charge in [0.1, 0.15) is 17.1 Å². The summed E-state index contributed by atoms with van der Waals surface area (Å²) in [6.45, 7) is 5.00. The molecule has 1 N–H and O–H groups in total. The van der Waals surface area contributed by atoms with Crippen molar-refractivity contribution in [2.45, 2.75) is 26.7 Å². The quantitative estimate of drug-likeness (QED) is 0.648. The number of hydrogen-bond donors (Lipinski definition) is 1. The van der Waals surface area contributed by atoms with Crippen molar-refractivity contribution in [3.05, 3.63) is 47.7 Å². The molecule has 0 atom stereocenters. The smallest absolute Gasteiger partial charge is 0.291 e. The van der Waals surface area contributed by atoms with Crippen LogP contribution in [0.5, 0.6) is 11.5 Å². The fraction of sp³-hybridized carbons (Fsp3) is 0.304. The van der Waals surface area contributed by atoms with Gasteiger partial charge in [0.2, 0.25) is 5.91 Å². The molecule has 2 heterocycles. The fourth-order valence-electron chi connectivity index (χ4n) is 3.74. The van der Waals surface area contributed by atoms with Crippen molar-refractivity contribution >= 4 is 34.2 Å². The van der Waals surface area contributed by atoms with Crippen LogP contribution in [0, 0.1) is 6.92 Å². The summed E-state index contributed by atoms with van der Waals surface area (Å²) in [6, 6.07) is 10.8. The second-order valence-corrected chi connectivity index (χ2v) is 7.14. The lowest BCUT2D eigenvalue weighted by atomic mass is 10.1. The highest BCUT2D eigenvalue weighted by Gasteiger charge is 2.25. The molecule has 1 aliphatic rings. The van der Waals surface area contributed by atoms with Crippen molar-refractivity contribution in [1.29, 1.82) is 0 Å². The Morgan fingerprint density at radius 1 is 1.23 bits per heavy atom. The van der Waals surface area contributed by atoms with E-state index in [-0.39, 0.29) is 17.6 Å². The van der Waals surface area contributed by atoms with Gasteiger partial charge in [-0.25, -0.2) is 0 Å². The molecule has 1 fully saturated rings. The number of benzene rings is 2. The van der Waals surface area contributed by atoms with Crippen LogP contribution >= 0.6 is 0 Å². The molecule has 0 spiro atoms. The molecule has 2 amide bonds. The second kappa shape index (κ2) is 8.10. The Bertz CT molecular complexity index is 1120. The van der Waals surface area contributed by atoms with Gasteiger partial charge in [-0.3, -0.25) is 9.59 Å². The molecular formula is C23H24N2O5. The van der Waals surface area contributed by atoms with Crippen molar-refractivity contribution in [3.8, 4) is 11.5 Å². The number of methoxy groups -OCH3 is 1. The van der Waals surface area contributed by atoms with Gasteiger partial charge in [-0.05, 0) is 50.6 Å². The SMILES string of the molecule is CCOc1ccc2oc(C(=O)Nc3ccc(N4CCCC4=O)c(OC)c3)c(C)c2c1. The summed E-state index contributed by atoms with van der Waals surface area (Å²) in [5, 5.41) is 3.70. The molecule has 3 aromatic rings. The van der Waals surface area contributed by atoms with Crippen LogP contribution in [0.2, 0.25) is 0 Å². The summed E-state index contributed by atoms with van der Waals surface area (Å²) < 4.78 is 16.8. The maximum Gasteiger partial charge on any atom is 0.291 e. The minimum atomic E-state index is -0.353. The van der Waals surface area contributed by atoms with E-state index >= 15 is 0 Å². The molecule has 2 aromatic carbocycles. The number of amides is 2. The van der Waals surface area contributed by atoms with Crippen molar-refractivity contribution < 1.29 is 23.5 Å². The molecule has 1 aliphatic heterocycles. The van der Waals surface area contributed by atoms with Crippen LogP contribution in [-0.4, -0.2) is 32.1 Å². The number of fused-ring (bicyclic) bond motifs is 1. The zero-order valence-corrected chi connectivity index (χ0v) is 17.3. The Kier molecular flexibility index (Phi) is 5.35. The molecule has 7 nitrogen and oxygen atoms in total. The first kappa shape index (κ1) is 19.8. The second-order valence-electron chi connectivity index (χ2n) is 7.14. The first-order valence-electron chi connectivity index (χ1n) is 9.97. The van der Waals surface area contributed by atoms with E-state index in [1.54, 1.807) is 36.3 Å². The van der Waals surface area contributed by atoms with Crippen LogP contribution in [0.15, 0.2) is 40.8 Å². The average Bonchev–Trinajstić information content (AvgIpc) is 3.31. The number of carbonyl (C=O) groups excluding carboxylic acids is 2. The molecule has 4 rings (SSSR count). The number of nitrogens with one attached hydrogen (secondary N) is 1. The molecule has 0 unspecified atom stereocenters. The lowest BCUT2D eigenvalue weighted by Crippen LogP contribution is -2.24. The minimum Gasteiger partial charge on any atom is -0.494 e. The average molecular weight is 408 g/mol. The molecule has 1 saturated heterocycles. The van der Waals surface area contributed by atoms with E-state index < -0.39 is 0 Å². The maximum atomic E-state index is 12.9. The number of hydrogen-bond acceptors (Lipinski definition) is 5. The summed E-state index contributed by atoms with van der Waals surface area (Å²) in [7, 11) is 1.55. The van der Waals surface area contributed by atoms with Gasteiger partial charge in [0, 0.05) is 35.7 Å². The van der Waals surface area contributed by atoms with E-state index in [9.17, 15) is 9.59 Å². The molecule has 0 saturated carbocycles. The first-order valence-corrected chi connectivity index (χ1v) is 9.97. The lowest BCUT2D eigenvalue weighted by Gasteiger charge is -2.19. The minimum absolute atomic E-state index is 0.0782. The fourth-order valence-corrected chi connectivity index (χ4v) is 3.74. The van der Waals surface area contributed by atoms with E-state index in [2.05, 4.69) is 5.32 Å².